The lowest BCUT2D eigenvalue weighted by Crippen LogP contribution is -2.77. The molecule has 5 nitrogen and oxygen atoms in total. The van der Waals surface area contributed by atoms with Gasteiger partial charge in [-0.1, -0.05) is 199 Å². The Kier molecular flexibility index (Phi) is 9.78. The fraction of sp³-hybridized carbons (Fsp3) is 0. The Morgan fingerprint density at radius 1 is 0.290 bits per heavy atom. The van der Waals surface area contributed by atoms with Crippen LogP contribution in [0.15, 0.2) is 271 Å². The molecule has 1 aromatic heterocycles. The van der Waals surface area contributed by atoms with Gasteiger partial charge in [-0.25, -0.2) is 0 Å². The van der Waals surface area contributed by atoms with Gasteiger partial charge in [-0.2, -0.15) is 4.98 Å². The molecule has 0 atom stereocenters. The molecule has 326 valence electrons. The van der Waals surface area contributed by atoms with E-state index in [0.717, 1.165) is 22.5 Å². The van der Waals surface area contributed by atoms with Gasteiger partial charge in [-0.15, -0.1) is 0 Å². The van der Waals surface area contributed by atoms with E-state index < -0.39 is 16.1 Å². The lowest BCUT2D eigenvalue weighted by molar-refractivity contribution is 0.432. The van der Waals surface area contributed by atoms with Crippen LogP contribution in [-0.2, 0) is 0 Å². The van der Waals surface area contributed by atoms with E-state index in [9.17, 15) is 0 Å². The van der Waals surface area contributed by atoms with Crippen LogP contribution in [0.4, 0.5) is 34.1 Å². The van der Waals surface area contributed by atoms with Crippen molar-refractivity contribution in [3.63, 3.8) is 0 Å². The van der Waals surface area contributed by atoms with Gasteiger partial charge < -0.3 is 14.3 Å². The molecular weight excluding hydrogens is 873 g/mol. The average Bonchev–Trinajstić information content (AvgIpc) is 3.94. The molecule has 0 bridgehead atoms. The third-order valence-electron chi connectivity index (χ3n) is 14.2. The Bertz CT molecular complexity index is 3210. The highest BCUT2D eigenvalue weighted by Crippen LogP contribution is 2.41. The Labute approximate surface area is 403 Å². The number of nitrogens with zero attached hydrogens (tertiary/aromatic N) is 4. The van der Waals surface area contributed by atoms with Gasteiger partial charge in [0.15, 0.2) is 16.1 Å². The van der Waals surface area contributed by atoms with Gasteiger partial charge in [-0.05, 0) is 114 Å². The maximum absolute atomic E-state index is 6.00. The van der Waals surface area contributed by atoms with Crippen molar-refractivity contribution in [2.45, 2.75) is 0 Å². The zero-order valence-electron chi connectivity index (χ0n) is 37.6. The first kappa shape index (κ1) is 40.6. The molecule has 2 aliphatic rings. The fourth-order valence-electron chi connectivity index (χ4n) is 11.3. The van der Waals surface area contributed by atoms with E-state index >= 15 is 0 Å². The van der Waals surface area contributed by atoms with Gasteiger partial charge in [0, 0.05) is 45.3 Å². The van der Waals surface area contributed by atoms with Crippen LogP contribution in [-0.4, -0.2) is 26.3 Å². The number of anilines is 6. The zero-order valence-corrected chi connectivity index (χ0v) is 39.6. The Morgan fingerprint density at radius 2 is 0.580 bits per heavy atom. The molecule has 0 radical (unpaired) electrons. The highest BCUT2D eigenvalue weighted by Gasteiger charge is 2.50. The molecule has 3 heterocycles. The molecule has 13 rings (SSSR count). The number of hydrogen-bond acceptors (Lipinski definition) is 5. The van der Waals surface area contributed by atoms with Crippen LogP contribution in [0.2, 0.25) is 0 Å². The first-order valence-electron chi connectivity index (χ1n) is 23.5. The first-order chi connectivity index (χ1) is 34.2. The van der Waals surface area contributed by atoms with E-state index in [0.29, 0.717) is 11.7 Å². The number of rotatable bonds is 8. The highest BCUT2D eigenvalue weighted by molar-refractivity contribution is 7.22. The molecule has 0 aliphatic carbocycles. The number of benzene rings is 10. The Morgan fingerprint density at radius 3 is 0.913 bits per heavy atom. The van der Waals surface area contributed by atoms with Crippen molar-refractivity contribution in [3.8, 4) is 22.8 Å². The van der Waals surface area contributed by atoms with Crippen LogP contribution in [0.3, 0.4) is 0 Å². The predicted molar refractivity (Wildman–Crippen MR) is 289 cm³/mol. The number of para-hydroxylation sites is 4. The molecule has 2 aliphatic heterocycles. The van der Waals surface area contributed by atoms with E-state index in [2.05, 4.69) is 282 Å². The Hall–Kier alpha value is -8.63. The summed E-state index contributed by atoms with van der Waals surface area (Å²) in [5.74, 6) is 1.02. The van der Waals surface area contributed by atoms with E-state index in [1.54, 1.807) is 0 Å². The molecule has 0 saturated heterocycles. The number of hydrogen-bond donors (Lipinski definition) is 0. The standard InChI is InChI=1S/C62H44N4OSi2/c1-5-21-49(22-6-1)68(50-23-7-2-8-24-50)57-33-17-13-29-53(57)65(54-30-14-18-34-58(54)68)47-41-37-45(38-42-47)61-63-62(67-64-61)46-39-43-48(44-40-46)66-55-31-15-19-35-59(55)69(51-25-9-3-10-26-51,52-27-11-4-12-28-52)60-36-20-16-32-56(60)66/h1-44H. The molecule has 69 heavy (non-hydrogen) atoms. The fourth-order valence-corrected chi connectivity index (χ4v) is 21.6. The number of aromatic nitrogens is 2. The SMILES string of the molecule is c1ccc([Si]2(c3ccccc3)c3ccccc3N(c3ccc(-c4noc(-c5ccc(N6c7ccccc7[Si](c7ccccc7)(c7ccccc7)c7ccccc76)cc5)n4)cc3)c3ccccc32)cc1. The molecule has 0 saturated carbocycles. The summed E-state index contributed by atoms with van der Waals surface area (Å²) in [5, 5.41) is 15.4. The van der Waals surface area contributed by atoms with Gasteiger partial charge in [0.05, 0.1) is 0 Å². The molecule has 10 aromatic carbocycles. The maximum Gasteiger partial charge on any atom is 0.258 e. The average molecular weight is 917 g/mol. The van der Waals surface area contributed by atoms with Crippen molar-refractivity contribution < 1.29 is 4.52 Å². The Balaban J connectivity index is 0.837. The zero-order chi connectivity index (χ0) is 45.8. The van der Waals surface area contributed by atoms with Crippen molar-refractivity contribution in [1.29, 1.82) is 0 Å². The molecule has 7 heteroatoms. The summed E-state index contributed by atoms with van der Waals surface area (Å²) < 4.78 is 6.00. The molecule has 0 N–H and O–H groups in total. The third kappa shape index (κ3) is 6.28. The van der Waals surface area contributed by atoms with Gasteiger partial charge in [0.2, 0.25) is 5.82 Å². The van der Waals surface area contributed by atoms with Crippen molar-refractivity contribution in [2.75, 3.05) is 9.80 Å². The van der Waals surface area contributed by atoms with Crippen LogP contribution in [0.5, 0.6) is 0 Å². The predicted octanol–water partition coefficient (Wildman–Crippen LogP) is 9.72. The van der Waals surface area contributed by atoms with Crippen LogP contribution < -0.4 is 51.3 Å². The van der Waals surface area contributed by atoms with Gasteiger partial charge >= 0.3 is 0 Å². The van der Waals surface area contributed by atoms with Gasteiger partial charge in [0.25, 0.3) is 5.89 Å². The second kappa shape index (κ2) is 16.6. The summed E-state index contributed by atoms with van der Waals surface area (Å²) in [5.41, 5.74) is 8.64. The van der Waals surface area contributed by atoms with Crippen LogP contribution >= 0.6 is 0 Å². The van der Waals surface area contributed by atoms with E-state index in [1.165, 1.54) is 64.2 Å². The van der Waals surface area contributed by atoms with Gasteiger partial charge in [0.1, 0.15) is 0 Å². The summed E-state index contributed by atoms with van der Waals surface area (Å²) in [6.45, 7) is 0. The minimum Gasteiger partial charge on any atom is -0.334 e. The lowest BCUT2D eigenvalue weighted by Gasteiger charge is -2.45. The summed E-state index contributed by atoms with van der Waals surface area (Å²) in [6, 6.07) is 97.4. The molecule has 0 spiro atoms. The van der Waals surface area contributed by atoms with E-state index in [4.69, 9.17) is 9.51 Å². The molecule has 0 amide bonds. The molecule has 0 unspecified atom stereocenters. The quantitative estimate of drug-likeness (QED) is 0.142. The second-order valence-corrected chi connectivity index (χ2v) is 25.2. The topological polar surface area (TPSA) is 45.4 Å². The summed E-state index contributed by atoms with van der Waals surface area (Å²) in [6.07, 6.45) is 0. The van der Waals surface area contributed by atoms with E-state index in [-0.39, 0.29) is 0 Å². The van der Waals surface area contributed by atoms with E-state index in [1.807, 2.05) is 0 Å². The van der Waals surface area contributed by atoms with Crippen LogP contribution in [0.25, 0.3) is 22.8 Å². The highest BCUT2D eigenvalue weighted by atomic mass is 28.3. The summed E-state index contributed by atoms with van der Waals surface area (Å²) in [7, 11) is -5.39. The van der Waals surface area contributed by atoms with Crippen molar-refractivity contribution in [2.24, 2.45) is 0 Å². The maximum atomic E-state index is 6.00. The monoisotopic (exact) mass is 916 g/mol. The molecule has 0 fully saturated rings. The smallest absolute Gasteiger partial charge is 0.258 e. The third-order valence-corrected chi connectivity index (χ3v) is 23.9. The largest absolute Gasteiger partial charge is 0.334 e. The second-order valence-electron chi connectivity index (χ2n) is 17.7. The lowest BCUT2D eigenvalue weighted by atomic mass is 10.1. The summed E-state index contributed by atoms with van der Waals surface area (Å²) >= 11 is 0. The van der Waals surface area contributed by atoms with Gasteiger partial charge in [-0.3, -0.25) is 0 Å². The number of fused-ring (bicyclic) bond motifs is 4. The minimum absolute atomic E-state index is 0.474. The van der Waals surface area contributed by atoms with Crippen molar-refractivity contribution in [1.82, 2.24) is 10.1 Å². The van der Waals surface area contributed by atoms with Crippen molar-refractivity contribution in [3.05, 3.63) is 267 Å². The summed E-state index contributed by atoms with van der Waals surface area (Å²) in [4.78, 5) is 9.79. The molecule has 11 aromatic rings. The normalized spacial score (nSPS) is 14.0. The van der Waals surface area contributed by atoms with Crippen LogP contribution in [0, 0.1) is 0 Å². The first-order valence-corrected chi connectivity index (χ1v) is 27.5. The molecular formula is C62H44N4OSi2. The minimum atomic E-state index is -2.70. The van der Waals surface area contributed by atoms with Crippen molar-refractivity contribution >= 4 is 91.8 Å². The van der Waals surface area contributed by atoms with Crippen LogP contribution in [0.1, 0.15) is 0 Å².